The maximum Gasteiger partial charge on any atom is 0.267 e. The first-order valence-electron chi connectivity index (χ1n) is 9.56. The zero-order valence-corrected chi connectivity index (χ0v) is 18.9. The Labute approximate surface area is 190 Å². The Morgan fingerprint density at radius 3 is 2.74 bits per heavy atom. The number of rotatable bonds is 5. The molecule has 0 atom stereocenters. The Bertz CT molecular complexity index is 1410. The number of fused-ring (bicyclic) bond motifs is 2. The molecule has 6 nitrogen and oxygen atoms in total. The molecule has 3 N–H and O–H groups in total. The van der Waals surface area contributed by atoms with E-state index in [4.69, 9.17) is 10.7 Å². The summed E-state index contributed by atoms with van der Waals surface area (Å²) in [6.45, 7) is 2.10. The van der Waals surface area contributed by atoms with Crippen LogP contribution < -0.4 is 11.1 Å². The number of amides is 1. The fourth-order valence-electron chi connectivity index (χ4n) is 3.20. The molecule has 0 saturated carbocycles. The van der Waals surface area contributed by atoms with Crippen molar-refractivity contribution in [3.8, 4) is 11.3 Å². The molecule has 31 heavy (non-hydrogen) atoms. The largest absolute Gasteiger partial charge is 0.397 e. The van der Waals surface area contributed by atoms with Gasteiger partial charge in [0.2, 0.25) is 0 Å². The summed E-state index contributed by atoms with van der Waals surface area (Å²) in [4.78, 5) is 27.5. The van der Waals surface area contributed by atoms with Gasteiger partial charge in [0.25, 0.3) is 5.91 Å². The van der Waals surface area contributed by atoms with E-state index in [-0.39, 0.29) is 5.91 Å². The highest BCUT2D eigenvalue weighted by atomic mass is 32.2. The van der Waals surface area contributed by atoms with Crippen LogP contribution in [0.25, 0.3) is 31.7 Å². The molecule has 5 aromatic rings. The Morgan fingerprint density at radius 1 is 1.10 bits per heavy atom. The van der Waals surface area contributed by atoms with Gasteiger partial charge in [-0.1, -0.05) is 18.7 Å². The summed E-state index contributed by atoms with van der Waals surface area (Å²) in [6, 6.07) is 13.4. The molecule has 0 aliphatic heterocycles. The molecule has 0 saturated heterocycles. The average Bonchev–Trinajstić information content (AvgIpc) is 3.34. The van der Waals surface area contributed by atoms with E-state index in [0.717, 1.165) is 47.5 Å². The number of nitrogens with one attached hydrogen (secondary N) is 1. The topological polar surface area (TPSA) is 93.8 Å². The Hall–Kier alpha value is -3.01. The van der Waals surface area contributed by atoms with Crippen molar-refractivity contribution in [1.29, 1.82) is 0 Å². The van der Waals surface area contributed by atoms with Gasteiger partial charge >= 0.3 is 0 Å². The van der Waals surface area contributed by atoms with Crippen molar-refractivity contribution in [2.75, 3.05) is 16.8 Å². The number of nitrogens with two attached hydrogens (primary N) is 1. The average molecular weight is 464 g/mol. The van der Waals surface area contributed by atoms with Gasteiger partial charge in [-0.05, 0) is 48.2 Å². The summed E-state index contributed by atoms with van der Waals surface area (Å²) in [6.07, 6.45) is 3.46. The number of anilines is 2. The van der Waals surface area contributed by atoms with Crippen LogP contribution in [0.3, 0.4) is 0 Å². The number of carbonyl (C=O) groups is 1. The molecule has 0 unspecified atom stereocenters. The van der Waals surface area contributed by atoms with E-state index in [0.29, 0.717) is 10.6 Å². The summed E-state index contributed by atoms with van der Waals surface area (Å²) in [5.74, 6) is 0.740. The summed E-state index contributed by atoms with van der Waals surface area (Å²) in [5.41, 5.74) is 10.2. The fourth-order valence-corrected chi connectivity index (χ4v) is 6.20. The Kier molecular flexibility index (Phi) is 5.31. The second kappa shape index (κ2) is 8.26. The van der Waals surface area contributed by atoms with Gasteiger partial charge in [0.1, 0.15) is 9.71 Å². The van der Waals surface area contributed by atoms with Crippen LogP contribution in [0.15, 0.2) is 59.2 Å². The molecule has 0 aliphatic carbocycles. The van der Waals surface area contributed by atoms with Crippen molar-refractivity contribution in [3.05, 3.63) is 59.7 Å². The van der Waals surface area contributed by atoms with E-state index in [1.807, 2.05) is 42.5 Å². The van der Waals surface area contributed by atoms with Gasteiger partial charge < -0.3 is 11.1 Å². The summed E-state index contributed by atoms with van der Waals surface area (Å²) >= 11 is 4.64. The fraction of sp³-hybridized carbons (Fsp3) is 0.0909. The molecule has 0 aliphatic rings. The maximum absolute atomic E-state index is 13.0. The number of aromatic nitrogens is 3. The van der Waals surface area contributed by atoms with Gasteiger partial charge in [-0.2, -0.15) is 0 Å². The van der Waals surface area contributed by atoms with Crippen molar-refractivity contribution in [3.63, 3.8) is 0 Å². The van der Waals surface area contributed by atoms with Crippen molar-refractivity contribution < 1.29 is 4.79 Å². The second-order valence-corrected chi connectivity index (χ2v) is 10.2. The van der Waals surface area contributed by atoms with E-state index in [2.05, 4.69) is 22.2 Å². The molecule has 0 bridgehead atoms. The summed E-state index contributed by atoms with van der Waals surface area (Å²) in [5, 5.41) is 3.75. The number of benzene rings is 1. The molecule has 4 heterocycles. The molecular formula is C22H17N5OS3. The normalized spacial score (nSPS) is 11.3. The lowest BCUT2D eigenvalue weighted by atomic mass is 10.1. The van der Waals surface area contributed by atoms with Gasteiger partial charge in [0.05, 0.1) is 21.6 Å². The molecule has 4 aromatic heterocycles. The SMILES string of the molecule is CCSc1nc2ccc(NC(=O)c3sc4nc(-c5ccncc5)ccc4c3N)cc2s1. The lowest BCUT2D eigenvalue weighted by Crippen LogP contribution is -2.11. The molecule has 154 valence electrons. The molecule has 0 radical (unpaired) electrons. The number of nitrogens with zero attached hydrogens (tertiary/aromatic N) is 3. The minimum atomic E-state index is -0.238. The Balaban J connectivity index is 1.44. The number of hydrogen-bond acceptors (Lipinski definition) is 8. The molecule has 0 spiro atoms. The molecule has 5 rings (SSSR count). The van der Waals surface area contributed by atoms with Gasteiger partial charge in [-0.15, -0.1) is 22.7 Å². The number of pyridine rings is 2. The van der Waals surface area contributed by atoms with Crippen molar-refractivity contribution in [2.45, 2.75) is 11.3 Å². The quantitative estimate of drug-likeness (QED) is 0.315. The predicted molar refractivity (Wildman–Crippen MR) is 131 cm³/mol. The molecule has 0 fully saturated rings. The van der Waals surface area contributed by atoms with Crippen LogP contribution in [0.1, 0.15) is 16.6 Å². The van der Waals surface area contributed by atoms with Crippen LogP contribution in [0.4, 0.5) is 11.4 Å². The van der Waals surface area contributed by atoms with E-state index < -0.39 is 0 Å². The summed E-state index contributed by atoms with van der Waals surface area (Å²) < 4.78 is 2.08. The highest BCUT2D eigenvalue weighted by Crippen LogP contribution is 2.35. The number of nitrogen functional groups attached to an aromatic ring is 1. The van der Waals surface area contributed by atoms with Crippen LogP contribution in [-0.2, 0) is 0 Å². The van der Waals surface area contributed by atoms with Crippen LogP contribution in [0, 0.1) is 0 Å². The first kappa shape index (κ1) is 19.9. The zero-order valence-electron chi connectivity index (χ0n) is 16.5. The third-order valence-corrected chi connectivity index (χ3v) is 7.83. The monoisotopic (exact) mass is 463 g/mol. The van der Waals surface area contributed by atoms with Crippen molar-refractivity contribution >= 4 is 72.2 Å². The lowest BCUT2D eigenvalue weighted by molar-refractivity contribution is 0.103. The lowest BCUT2D eigenvalue weighted by Gasteiger charge is -2.04. The van der Waals surface area contributed by atoms with Gasteiger partial charge in [0, 0.05) is 29.0 Å². The molecule has 1 aromatic carbocycles. The smallest absolute Gasteiger partial charge is 0.267 e. The Morgan fingerprint density at radius 2 is 1.94 bits per heavy atom. The zero-order chi connectivity index (χ0) is 21.4. The molecule has 9 heteroatoms. The highest BCUT2D eigenvalue weighted by molar-refractivity contribution is 8.01. The highest BCUT2D eigenvalue weighted by Gasteiger charge is 2.18. The van der Waals surface area contributed by atoms with Crippen LogP contribution >= 0.6 is 34.4 Å². The number of carbonyl (C=O) groups excluding carboxylic acids is 1. The van der Waals surface area contributed by atoms with E-state index in [9.17, 15) is 4.79 Å². The number of hydrogen-bond donors (Lipinski definition) is 2. The third kappa shape index (κ3) is 3.87. The standard InChI is InChI=1S/C22H17N5OS3/c1-2-29-22-27-16-5-3-13(11-17(16)30-22)25-20(28)19-18(23)14-4-6-15(26-21(14)31-19)12-7-9-24-10-8-12/h3-11H,2,23H2,1H3,(H,25,28). The van der Waals surface area contributed by atoms with Gasteiger partial charge in [-0.3, -0.25) is 9.78 Å². The van der Waals surface area contributed by atoms with E-state index in [1.165, 1.54) is 11.3 Å². The van der Waals surface area contributed by atoms with Crippen LogP contribution in [-0.4, -0.2) is 26.6 Å². The minimum Gasteiger partial charge on any atom is -0.397 e. The first-order chi connectivity index (χ1) is 15.1. The van der Waals surface area contributed by atoms with Crippen LogP contribution in [0.5, 0.6) is 0 Å². The van der Waals surface area contributed by atoms with Gasteiger partial charge in [-0.25, -0.2) is 9.97 Å². The van der Waals surface area contributed by atoms with Crippen LogP contribution in [0.2, 0.25) is 0 Å². The molecule has 1 amide bonds. The minimum absolute atomic E-state index is 0.238. The number of thioether (sulfide) groups is 1. The van der Waals surface area contributed by atoms with E-state index in [1.54, 1.807) is 35.5 Å². The molecular weight excluding hydrogens is 446 g/mol. The number of thiazole rings is 1. The van der Waals surface area contributed by atoms with Crippen molar-refractivity contribution in [2.24, 2.45) is 0 Å². The van der Waals surface area contributed by atoms with Gasteiger partial charge in [0.15, 0.2) is 4.34 Å². The second-order valence-electron chi connectivity index (χ2n) is 6.68. The maximum atomic E-state index is 13.0. The van der Waals surface area contributed by atoms with Crippen molar-refractivity contribution in [1.82, 2.24) is 15.0 Å². The summed E-state index contributed by atoms with van der Waals surface area (Å²) in [7, 11) is 0. The van der Waals surface area contributed by atoms with E-state index >= 15 is 0 Å². The third-order valence-electron chi connectivity index (χ3n) is 4.67. The predicted octanol–water partition coefficient (Wildman–Crippen LogP) is 5.91. The number of thiophene rings is 1. The first-order valence-corrected chi connectivity index (χ1v) is 12.2.